The van der Waals surface area contributed by atoms with Gasteiger partial charge in [-0.25, -0.2) is 15.3 Å². The molecule has 0 aliphatic heterocycles. The lowest BCUT2D eigenvalue weighted by molar-refractivity contribution is -0.105. The third-order valence-corrected chi connectivity index (χ3v) is 2.08. The summed E-state index contributed by atoms with van der Waals surface area (Å²) in [5.74, 6) is 5.65. The van der Waals surface area contributed by atoms with Gasteiger partial charge in [-0.15, -0.1) is 0 Å². The molecule has 0 aliphatic carbocycles. The Labute approximate surface area is 109 Å². The van der Waals surface area contributed by atoms with Gasteiger partial charge in [0.1, 0.15) is 0 Å². The Kier molecular flexibility index (Phi) is 5.45. The molecule has 0 spiro atoms. The molecule has 2 rings (SSSR count). The van der Waals surface area contributed by atoms with Gasteiger partial charge in [0.05, 0.1) is 24.1 Å². The molecule has 8 nitrogen and oxygen atoms in total. The molecule has 19 heavy (non-hydrogen) atoms. The van der Waals surface area contributed by atoms with Gasteiger partial charge in [0, 0.05) is 19.5 Å². The van der Waals surface area contributed by atoms with Gasteiger partial charge in [0.15, 0.2) is 11.9 Å². The van der Waals surface area contributed by atoms with E-state index in [1.54, 1.807) is 23.0 Å². The van der Waals surface area contributed by atoms with Crippen LogP contribution < -0.4 is 11.6 Å². The van der Waals surface area contributed by atoms with Crippen LogP contribution >= 0.6 is 0 Å². The standard InChI is InChI=1S/C10H12N6O.CH4O/c11-8(7-17)4-15(12)5-9-6-16-10(14-9)2-1-3-13-16;1-2/h1-4,6-7H,5,11-12H2;2H,1H3/b8-4-;. The molecule has 102 valence electrons. The fourth-order valence-corrected chi connectivity index (χ4v) is 1.41. The zero-order chi connectivity index (χ0) is 14.3. The zero-order valence-electron chi connectivity index (χ0n) is 10.5. The van der Waals surface area contributed by atoms with Crippen molar-refractivity contribution in [3.63, 3.8) is 0 Å². The lowest BCUT2D eigenvalue weighted by atomic mass is 10.4. The Morgan fingerprint density at radius 3 is 2.95 bits per heavy atom. The normalized spacial score (nSPS) is 10.8. The van der Waals surface area contributed by atoms with Crippen molar-refractivity contribution >= 4 is 11.9 Å². The first-order valence-electron chi connectivity index (χ1n) is 5.37. The number of carbonyl (C=O) groups is 1. The summed E-state index contributed by atoms with van der Waals surface area (Å²) in [5.41, 5.74) is 6.88. The minimum atomic E-state index is 0.0642. The van der Waals surface area contributed by atoms with E-state index in [0.29, 0.717) is 12.8 Å². The van der Waals surface area contributed by atoms with Crippen LogP contribution in [0.15, 0.2) is 36.4 Å². The molecule has 0 fully saturated rings. The third kappa shape index (κ3) is 4.05. The molecule has 0 aliphatic rings. The number of aldehydes is 1. The predicted molar refractivity (Wildman–Crippen MR) is 69.2 cm³/mol. The minimum Gasteiger partial charge on any atom is -0.400 e. The zero-order valence-corrected chi connectivity index (χ0v) is 10.5. The van der Waals surface area contributed by atoms with Crippen LogP contribution in [0.4, 0.5) is 0 Å². The van der Waals surface area contributed by atoms with E-state index in [-0.39, 0.29) is 5.70 Å². The number of allylic oxidation sites excluding steroid dienone is 1. The third-order valence-electron chi connectivity index (χ3n) is 2.08. The molecular formula is C11H16N6O2. The molecular weight excluding hydrogens is 248 g/mol. The summed E-state index contributed by atoms with van der Waals surface area (Å²) in [6.45, 7) is 0.345. The van der Waals surface area contributed by atoms with Gasteiger partial charge in [-0.1, -0.05) is 0 Å². The molecule has 0 atom stereocenters. The van der Waals surface area contributed by atoms with Crippen molar-refractivity contribution in [2.24, 2.45) is 11.6 Å². The van der Waals surface area contributed by atoms with E-state index >= 15 is 0 Å². The van der Waals surface area contributed by atoms with Crippen LogP contribution in [0.2, 0.25) is 0 Å². The van der Waals surface area contributed by atoms with Crippen molar-refractivity contribution in [2.45, 2.75) is 6.54 Å². The van der Waals surface area contributed by atoms with Crippen LogP contribution in [0.3, 0.4) is 0 Å². The molecule has 2 aromatic heterocycles. The first-order chi connectivity index (χ1) is 9.19. The molecule has 2 aromatic rings. The highest BCUT2D eigenvalue weighted by atomic mass is 16.2. The summed E-state index contributed by atoms with van der Waals surface area (Å²) in [6.07, 6.45) is 5.32. The molecule has 0 radical (unpaired) electrons. The smallest absolute Gasteiger partial charge is 0.167 e. The summed E-state index contributed by atoms with van der Waals surface area (Å²) < 4.78 is 1.65. The second-order valence-corrected chi connectivity index (χ2v) is 3.48. The van der Waals surface area contributed by atoms with Crippen molar-refractivity contribution in [3.05, 3.63) is 42.1 Å². The minimum absolute atomic E-state index is 0.0642. The summed E-state index contributed by atoms with van der Waals surface area (Å²) >= 11 is 0. The van der Waals surface area contributed by atoms with Crippen LogP contribution in [-0.2, 0) is 11.3 Å². The molecule has 2 heterocycles. The maximum atomic E-state index is 10.3. The van der Waals surface area contributed by atoms with Gasteiger partial charge in [0.2, 0.25) is 0 Å². The summed E-state index contributed by atoms with van der Waals surface area (Å²) in [4.78, 5) is 14.6. The van der Waals surface area contributed by atoms with Crippen LogP contribution in [-0.4, -0.2) is 38.1 Å². The van der Waals surface area contributed by atoms with Crippen LogP contribution in [0.1, 0.15) is 5.69 Å². The lowest BCUT2D eigenvalue weighted by Crippen LogP contribution is -2.26. The van der Waals surface area contributed by atoms with Gasteiger partial charge >= 0.3 is 0 Å². The highest BCUT2D eigenvalue weighted by Gasteiger charge is 2.04. The van der Waals surface area contributed by atoms with Crippen molar-refractivity contribution in [2.75, 3.05) is 7.11 Å². The quantitative estimate of drug-likeness (QED) is 0.280. The Morgan fingerprint density at radius 1 is 1.58 bits per heavy atom. The number of aliphatic hydroxyl groups is 1. The van der Waals surface area contributed by atoms with E-state index in [1.807, 2.05) is 6.07 Å². The fourth-order valence-electron chi connectivity index (χ4n) is 1.41. The van der Waals surface area contributed by atoms with Crippen molar-refractivity contribution < 1.29 is 9.90 Å². The Hall–Kier alpha value is -2.45. The maximum absolute atomic E-state index is 10.3. The van der Waals surface area contributed by atoms with Crippen LogP contribution in [0.25, 0.3) is 5.65 Å². The predicted octanol–water partition coefficient (Wildman–Crippen LogP) is -0.987. The van der Waals surface area contributed by atoms with Crippen LogP contribution in [0, 0.1) is 0 Å². The van der Waals surface area contributed by atoms with Gasteiger partial charge in [-0.3, -0.25) is 4.79 Å². The molecule has 0 unspecified atom stereocenters. The number of aliphatic hydroxyl groups excluding tert-OH is 1. The molecule has 0 saturated heterocycles. The second kappa shape index (κ2) is 7.09. The van der Waals surface area contributed by atoms with E-state index in [4.69, 9.17) is 16.7 Å². The number of imidazole rings is 1. The molecule has 0 amide bonds. The number of nitrogens with two attached hydrogens (primary N) is 2. The number of carbonyl (C=O) groups excluding carboxylic acids is 1. The molecule has 0 bridgehead atoms. The molecule has 0 aromatic carbocycles. The average molecular weight is 264 g/mol. The second-order valence-electron chi connectivity index (χ2n) is 3.48. The Bertz CT molecular complexity index is 532. The van der Waals surface area contributed by atoms with Gasteiger partial charge in [-0.05, 0) is 12.1 Å². The lowest BCUT2D eigenvalue weighted by Gasteiger charge is -2.11. The monoisotopic (exact) mass is 264 g/mol. The average Bonchev–Trinajstić information content (AvgIpc) is 2.82. The van der Waals surface area contributed by atoms with E-state index < -0.39 is 0 Å². The van der Waals surface area contributed by atoms with Crippen molar-refractivity contribution in [1.82, 2.24) is 19.6 Å². The topological polar surface area (TPSA) is 123 Å². The molecule has 8 heteroatoms. The van der Waals surface area contributed by atoms with Crippen LogP contribution in [0.5, 0.6) is 0 Å². The number of hydrogen-bond acceptors (Lipinski definition) is 7. The highest BCUT2D eigenvalue weighted by Crippen LogP contribution is 2.04. The number of nitrogens with zero attached hydrogens (tertiary/aromatic N) is 4. The first-order valence-corrected chi connectivity index (χ1v) is 5.37. The van der Waals surface area contributed by atoms with E-state index in [2.05, 4.69) is 10.1 Å². The van der Waals surface area contributed by atoms with Gasteiger partial charge in [-0.2, -0.15) is 5.10 Å². The number of aromatic nitrogens is 3. The largest absolute Gasteiger partial charge is 0.400 e. The highest BCUT2D eigenvalue weighted by molar-refractivity contribution is 5.71. The number of fused-ring (bicyclic) bond motifs is 1. The Balaban J connectivity index is 0.000000861. The number of hydrazine groups is 1. The summed E-state index contributed by atoms with van der Waals surface area (Å²) in [7, 11) is 1.00. The van der Waals surface area contributed by atoms with Crippen molar-refractivity contribution in [3.8, 4) is 0 Å². The number of hydrogen-bond donors (Lipinski definition) is 3. The number of rotatable bonds is 4. The maximum Gasteiger partial charge on any atom is 0.167 e. The molecule has 0 saturated carbocycles. The SMILES string of the molecule is CO.N/C(C=O)=C\N(N)Cc1cn2ncccc2n1. The van der Waals surface area contributed by atoms with Gasteiger partial charge in [0.25, 0.3) is 0 Å². The van der Waals surface area contributed by atoms with E-state index in [0.717, 1.165) is 18.5 Å². The summed E-state index contributed by atoms with van der Waals surface area (Å²) in [6, 6.07) is 3.64. The summed E-state index contributed by atoms with van der Waals surface area (Å²) in [5, 5.41) is 12.4. The fraction of sp³-hybridized carbons (Fsp3) is 0.182. The van der Waals surface area contributed by atoms with Crippen molar-refractivity contribution in [1.29, 1.82) is 0 Å². The van der Waals surface area contributed by atoms with E-state index in [9.17, 15) is 4.79 Å². The van der Waals surface area contributed by atoms with Gasteiger partial charge < -0.3 is 15.8 Å². The Morgan fingerprint density at radius 2 is 2.32 bits per heavy atom. The molecule has 5 N–H and O–H groups in total. The van der Waals surface area contributed by atoms with E-state index in [1.165, 1.54) is 11.2 Å². The first kappa shape index (κ1) is 14.6.